The molecule has 0 fully saturated rings. The van der Waals surface area contributed by atoms with Gasteiger partial charge in [0.15, 0.2) is 0 Å². The lowest BCUT2D eigenvalue weighted by Crippen LogP contribution is -2.17. The van der Waals surface area contributed by atoms with Crippen LogP contribution in [0.4, 0.5) is 17.1 Å². The number of hydrogen-bond acceptors (Lipinski definition) is 2. The van der Waals surface area contributed by atoms with Gasteiger partial charge in [-0.3, -0.25) is 0 Å². The zero-order chi connectivity index (χ0) is 28.4. The third-order valence-corrected chi connectivity index (χ3v) is 9.20. The maximum atomic E-state index is 11.7. The van der Waals surface area contributed by atoms with Gasteiger partial charge in [0, 0.05) is 22.4 Å². The van der Waals surface area contributed by atoms with Gasteiger partial charge in [0.25, 0.3) is 0 Å². The van der Waals surface area contributed by atoms with Crippen LogP contribution in [0.25, 0.3) is 33.4 Å². The second-order valence-electron chi connectivity index (χ2n) is 11.9. The van der Waals surface area contributed by atoms with Gasteiger partial charge in [-0.2, -0.15) is 0 Å². The molecule has 0 spiro atoms. The number of rotatable bonds is 4. The van der Waals surface area contributed by atoms with Gasteiger partial charge in [-0.1, -0.05) is 123 Å². The van der Waals surface area contributed by atoms with Crippen molar-refractivity contribution in [3.05, 3.63) is 162 Å². The van der Waals surface area contributed by atoms with Crippen molar-refractivity contribution in [3.8, 4) is 33.4 Å². The van der Waals surface area contributed by atoms with Gasteiger partial charge in [-0.05, 0) is 80.4 Å². The van der Waals surface area contributed by atoms with Crippen molar-refractivity contribution in [1.29, 1.82) is 0 Å². The van der Waals surface area contributed by atoms with Crippen LogP contribution in [0.3, 0.4) is 0 Å². The van der Waals surface area contributed by atoms with E-state index in [1.54, 1.807) is 0 Å². The lowest BCUT2D eigenvalue weighted by Gasteiger charge is -2.30. The first-order chi connectivity index (χ1) is 20.5. The monoisotopic (exact) mass is 541 g/mol. The van der Waals surface area contributed by atoms with Crippen molar-refractivity contribution >= 4 is 17.1 Å². The molecule has 2 aliphatic rings. The number of fused-ring (bicyclic) bond motifs is 6. The SMILES string of the molecule is CC1(C)c2ccccc2-c2ccc(N(c3ccc(-c4ccccc4)cc3)c3cccc4c3C(O)c3ccccc3-4)cc21. The molecule has 0 saturated carbocycles. The Morgan fingerprint density at radius 2 is 1.14 bits per heavy atom. The molecule has 0 aliphatic heterocycles. The van der Waals surface area contributed by atoms with Gasteiger partial charge in [0.1, 0.15) is 6.10 Å². The van der Waals surface area contributed by atoms with Crippen LogP contribution in [0, 0.1) is 0 Å². The first-order valence-corrected chi connectivity index (χ1v) is 14.6. The third kappa shape index (κ3) is 3.62. The van der Waals surface area contributed by atoms with E-state index in [1.807, 2.05) is 24.3 Å². The number of nitrogens with zero attached hydrogens (tertiary/aromatic N) is 1. The Hall–Kier alpha value is -4.92. The number of aliphatic hydroxyl groups excluding tert-OH is 1. The molecule has 0 aromatic heterocycles. The van der Waals surface area contributed by atoms with E-state index >= 15 is 0 Å². The standard InChI is InChI=1S/C40H31NO/c1-40(2)35-17-9-8-14-31(35)32-24-23-29(25-36(32)40)41(28-21-19-27(20-22-28)26-11-4-3-5-12-26)37-18-10-16-33-30-13-6-7-15-34(30)39(42)38(33)37/h3-25,39,42H,1-2H3. The summed E-state index contributed by atoms with van der Waals surface area (Å²) >= 11 is 0. The van der Waals surface area contributed by atoms with E-state index in [1.165, 1.54) is 33.4 Å². The van der Waals surface area contributed by atoms with Crippen LogP contribution in [0.2, 0.25) is 0 Å². The van der Waals surface area contributed by atoms with Crippen molar-refractivity contribution in [3.63, 3.8) is 0 Å². The summed E-state index contributed by atoms with van der Waals surface area (Å²) in [6.45, 7) is 4.64. The van der Waals surface area contributed by atoms with Gasteiger partial charge in [-0.25, -0.2) is 0 Å². The normalized spacial score (nSPS) is 15.5. The number of aliphatic hydroxyl groups is 1. The molecule has 2 nitrogen and oxygen atoms in total. The minimum Gasteiger partial charge on any atom is -0.384 e. The van der Waals surface area contributed by atoms with Gasteiger partial charge in [-0.15, -0.1) is 0 Å². The molecule has 8 rings (SSSR count). The lowest BCUT2D eigenvalue weighted by molar-refractivity contribution is 0.225. The smallest absolute Gasteiger partial charge is 0.107 e. The summed E-state index contributed by atoms with van der Waals surface area (Å²) in [5.41, 5.74) is 14.8. The first kappa shape index (κ1) is 24.8. The van der Waals surface area contributed by atoms with E-state index in [0.29, 0.717) is 0 Å². The summed E-state index contributed by atoms with van der Waals surface area (Å²) < 4.78 is 0. The fourth-order valence-corrected chi connectivity index (χ4v) is 7.10. The Morgan fingerprint density at radius 1 is 0.524 bits per heavy atom. The molecule has 2 aliphatic carbocycles. The molecule has 0 saturated heterocycles. The van der Waals surface area contributed by atoms with E-state index in [0.717, 1.165) is 39.3 Å². The van der Waals surface area contributed by atoms with Gasteiger partial charge < -0.3 is 10.0 Å². The average molecular weight is 542 g/mol. The van der Waals surface area contributed by atoms with Crippen LogP contribution >= 0.6 is 0 Å². The highest BCUT2D eigenvalue weighted by molar-refractivity contribution is 5.91. The molecule has 1 unspecified atom stereocenters. The fraction of sp³-hybridized carbons (Fsp3) is 0.100. The van der Waals surface area contributed by atoms with E-state index < -0.39 is 6.10 Å². The van der Waals surface area contributed by atoms with Crippen LogP contribution < -0.4 is 4.90 Å². The molecule has 0 heterocycles. The van der Waals surface area contributed by atoms with E-state index in [2.05, 4.69) is 134 Å². The zero-order valence-corrected chi connectivity index (χ0v) is 23.8. The zero-order valence-electron chi connectivity index (χ0n) is 23.8. The van der Waals surface area contributed by atoms with E-state index in [-0.39, 0.29) is 5.41 Å². The maximum Gasteiger partial charge on any atom is 0.107 e. The Bertz CT molecular complexity index is 1970. The Morgan fingerprint density at radius 3 is 1.95 bits per heavy atom. The second kappa shape index (κ2) is 9.30. The van der Waals surface area contributed by atoms with Crippen molar-refractivity contribution in [2.75, 3.05) is 4.90 Å². The lowest BCUT2D eigenvalue weighted by atomic mass is 9.82. The van der Waals surface area contributed by atoms with Crippen LogP contribution in [-0.4, -0.2) is 5.11 Å². The van der Waals surface area contributed by atoms with Crippen LogP contribution in [0.1, 0.15) is 42.2 Å². The quantitative estimate of drug-likeness (QED) is 0.240. The second-order valence-corrected chi connectivity index (χ2v) is 11.9. The van der Waals surface area contributed by atoms with Crippen LogP contribution in [0.5, 0.6) is 0 Å². The topological polar surface area (TPSA) is 23.5 Å². The molecule has 202 valence electrons. The number of benzene rings is 6. The minimum absolute atomic E-state index is 0.112. The summed E-state index contributed by atoms with van der Waals surface area (Å²) in [6, 6.07) is 49.5. The fourth-order valence-electron chi connectivity index (χ4n) is 7.10. The highest BCUT2D eigenvalue weighted by Crippen LogP contribution is 2.53. The number of hydrogen-bond donors (Lipinski definition) is 1. The Kier molecular flexibility index (Phi) is 5.50. The predicted octanol–water partition coefficient (Wildman–Crippen LogP) is 10.2. The third-order valence-electron chi connectivity index (χ3n) is 9.20. The van der Waals surface area contributed by atoms with Crippen molar-refractivity contribution in [2.45, 2.75) is 25.4 Å². The maximum absolute atomic E-state index is 11.7. The summed E-state index contributed by atoms with van der Waals surface area (Å²) in [7, 11) is 0. The molecule has 2 heteroatoms. The highest BCUT2D eigenvalue weighted by atomic mass is 16.3. The predicted molar refractivity (Wildman–Crippen MR) is 174 cm³/mol. The highest BCUT2D eigenvalue weighted by Gasteiger charge is 2.36. The van der Waals surface area contributed by atoms with Crippen LogP contribution in [-0.2, 0) is 5.41 Å². The van der Waals surface area contributed by atoms with Crippen molar-refractivity contribution in [2.24, 2.45) is 0 Å². The summed E-state index contributed by atoms with van der Waals surface area (Å²) in [6.07, 6.45) is -0.686. The molecule has 1 N–H and O–H groups in total. The average Bonchev–Trinajstić information content (AvgIpc) is 3.46. The van der Waals surface area contributed by atoms with Crippen molar-refractivity contribution < 1.29 is 5.11 Å². The molecule has 6 aromatic rings. The minimum atomic E-state index is -0.686. The molecule has 1 atom stereocenters. The molecular weight excluding hydrogens is 510 g/mol. The first-order valence-electron chi connectivity index (χ1n) is 14.6. The van der Waals surface area contributed by atoms with Gasteiger partial charge >= 0.3 is 0 Å². The van der Waals surface area contributed by atoms with Crippen molar-refractivity contribution in [1.82, 2.24) is 0 Å². The Labute approximate surface area is 247 Å². The van der Waals surface area contributed by atoms with E-state index in [9.17, 15) is 5.11 Å². The van der Waals surface area contributed by atoms with E-state index in [4.69, 9.17) is 0 Å². The molecular formula is C40H31NO. The van der Waals surface area contributed by atoms with Gasteiger partial charge in [0.2, 0.25) is 0 Å². The van der Waals surface area contributed by atoms with Gasteiger partial charge in [0.05, 0.1) is 5.69 Å². The molecule has 0 radical (unpaired) electrons. The summed E-state index contributed by atoms with van der Waals surface area (Å²) in [5.74, 6) is 0. The summed E-state index contributed by atoms with van der Waals surface area (Å²) in [4.78, 5) is 2.32. The molecule has 0 amide bonds. The summed E-state index contributed by atoms with van der Waals surface area (Å²) in [5, 5.41) is 11.7. The Balaban J connectivity index is 1.33. The largest absolute Gasteiger partial charge is 0.384 e. The number of anilines is 3. The molecule has 0 bridgehead atoms. The molecule has 6 aromatic carbocycles. The molecule has 42 heavy (non-hydrogen) atoms. The van der Waals surface area contributed by atoms with Crippen LogP contribution in [0.15, 0.2) is 140 Å².